The van der Waals surface area contributed by atoms with E-state index in [9.17, 15) is 0 Å². The van der Waals surface area contributed by atoms with E-state index in [2.05, 4.69) is 79.8 Å². The molecule has 0 fully saturated rings. The van der Waals surface area contributed by atoms with E-state index >= 15 is 0 Å². The van der Waals surface area contributed by atoms with Crippen LogP contribution in [0.4, 0.5) is 0 Å². The summed E-state index contributed by atoms with van der Waals surface area (Å²) in [6, 6.07) is 18.0. The fourth-order valence-corrected chi connectivity index (χ4v) is 15.6. The number of hydrogen-bond acceptors (Lipinski definition) is 0. The second-order valence-corrected chi connectivity index (χ2v) is 17.0. The van der Waals surface area contributed by atoms with Crippen LogP contribution in [0.1, 0.15) is 36.5 Å². The van der Waals surface area contributed by atoms with Gasteiger partial charge in [-0.3, -0.25) is 0 Å². The maximum atomic E-state index is 2.50. The van der Waals surface area contributed by atoms with Crippen molar-refractivity contribution in [3.63, 3.8) is 0 Å². The van der Waals surface area contributed by atoms with Gasteiger partial charge in [-0.05, 0) is 0 Å². The number of fused-ring (bicyclic) bond motifs is 2. The van der Waals surface area contributed by atoms with E-state index < -0.39 is 21.4 Å². The third kappa shape index (κ3) is 2.23. The van der Waals surface area contributed by atoms with Gasteiger partial charge in [0.05, 0.1) is 0 Å². The van der Waals surface area contributed by atoms with Gasteiger partial charge in [0.25, 0.3) is 0 Å². The first-order chi connectivity index (χ1) is 10.4. The molecule has 0 spiro atoms. The molecule has 1 heteroatoms. The van der Waals surface area contributed by atoms with Crippen molar-refractivity contribution in [2.75, 3.05) is 0 Å². The number of rotatable bonds is 3. The van der Waals surface area contributed by atoms with Crippen LogP contribution < -0.4 is 0 Å². The number of hydrogen-bond donors (Lipinski definition) is 0. The van der Waals surface area contributed by atoms with Gasteiger partial charge >= 0.3 is 135 Å². The molecule has 0 heterocycles. The Morgan fingerprint density at radius 3 is 1.71 bits per heavy atom. The topological polar surface area (TPSA) is 0 Å². The molecule has 2 unspecified atom stereocenters. The van der Waals surface area contributed by atoms with Crippen LogP contribution in [0.15, 0.2) is 60.7 Å². The van der Waals surface area contributed by atoms with Gasteiger partial charge in [0, 0.05) is 0 Å². The Kier molecular flexibility index (Phi) is 3.54. The fourth-order valence-electron chi connectivity index (χ4n) is 3.78. The van der Waals surface area contributed by atoms with E-state index in [0.29, 0.717) is 0 Å². The van der Waals surface area contributed by atoms with Crippen LogP contribution in [0.3, 0.4) is 0 Å². The molecule has 103 valence electrons. The molecule has 2 aromatic rings. The molecule has 0 saturated heterocycles. The Hall–Kier alpha value is -1.21. The Bertz CT molecular complexity index is 665. The first-order valence-electron chi connectivity index (χ1n) is 7.78. The van der Waals surface area contributed by atoms with Gasteiger partial charge in [-0.2, -0.15) is 0 Å². The Morgan fingerprint density at radius 1 is 0.762 bits per heavy atom. The molecule has 0 N–H and O–H groups in total. The molecule has 0 bridgehead atoms. The van der Waals surface area contributed by atoms with Gasteiger partial charge < -0.3 is 0 Å². The van der Waals surface area contributed by atoms with Gasteiger partial charge in [0.1, 0.15) is 0 Å². The van der Waals surface area contributed by atoms with Crippen molar-refractivity contribution < 1.29 is 21.4 Å². The van der Waals surface area contributed by atoms with Crippen molar-refractivity contribution in [1.82, 2.24) is 0 Å². The summed E-state index contributed by atoms with van der Waals surface area (Å²) < 4.78 is 2.94. The third-order valence-corrected chi connectivity index (χ3v) is 17.1. The second kappa shape index (κ2) is 5.53. The third-order valence-electron chi connectivity index (χ3n) is 4.81. The fraction of sp³-hybridized carbons (Fsp3) is 0.200. The van der Waals surface area contributed by atoms with Gasteiger partial charge in [-0.1, -0.05) is 0 Å². The van der Waals surface area contributed by atoms with E-state index in [1.54, 1.807) is 11.1 Å². The molecule has 0 aliphatic heterocycles. The molecule has 2 aliphatic carbocycles. The van der Waals surface area contributed by atoms with E-state index in [4.69, 9.17) is 0 Å². The molecular weight excluding hydrogens is 419 g/mol. The molecule has 2 aliphatic rings. The van der Waals surface area contributed by atoms with Crippen molar-refractivity contribution in [2.45, 2.75) is 18.5 Å². The van der Waals surface area contributed by atoms with Crippen LogP contribution in [0, 0.1) is 0 Å². The number of allylic oxidation sites excluding steroid dienone is 2. The summed E-state index contributed by atoms with van der Waals surface area (Å²) in [6.07, 6.45) is 9.71. The second-order valence-electron chi connectivity index (χ2n) is 5.86. The molecule has 0 radical (unpaired) electrons. The first-order valence-corrected chi connectivity index (χ1v) is 14.5. The molecule has 0 saturated carbocycles. The molecular formula is C20H19Hf. The van der Waals surface area contributed by atoms with Gasteiger partial charge in [0.15, 0.2) is 0 Å². The van der Waals surface area contributed by atoms with Crippen LogP contribution in [0.2, 0.25) is 4.18 Å². The quantitative estimate of drug-likeness (QED) is 0.550. The van der Waals surface area contributed by atoms with Gasteiger partial charge in [-0.25, -0.2) is 0 Å². The summed E-state index contributed by atoms with van der Waals surface area (Å²) in [4.78, 5) is 0. The molecule has 4 rings (SSSR count). The predicted molar refractivity (Wildman–Crippen MR) is 86.9 cm³/mol. The first kappa shape index (κ1) is 13.5. The van der Waals surface area contributed by atoms with Crippen LogP contribution in [-0.4, -0.2) is 0 Å². The summed E-state index contributed by atoms with van der Waals surface area (Å²) in [7, 11) is 0. The van der Waals surface area contributed by atoms with Crippen molar-refractivity contribution in [3.05, 3.63) is 82.9 Å². The minimum atomic E-state index is -1.82. The average Bonchev–Trinajstić information content (AvgIpc) is 3.14. The average molecular weight is 438 g/mol. The summed E-state index contributed by atoms with van der Waals surface area (Å²) in [5.41, 5.74) is 6.10. The molecule has 2 aromatic carbocycles. The zero-order valence-electron chi connectivity index (χ0n) is 12.3. The van der Waals surface area contributed by atoms with E-state index in [0.717, 1.165) is 7.35 Å². The Balaban J connectivity index is 1.72. The summed E-state index contributed by atoms with van der Waals surface area (Å²) in [5.74, 6) is 0. The van der Waals surface area contributed by atoms with Crippen LogP contribution in [0.25, 0.3) is 12.2 Å². The predicted octanol–water partition coefficient (Wildman–Crippen LogP) is 5.58. The monoisotopic (exact) mass is 439 g/mol. The molecule has 2 atom stereocenters. The van der Waals surface area contributed by atoms with E-state index in [1.165, 1.54) is 15.3 Å². The molecule has 0 aromatic heterocycles. The Labute approximate surface area is 134 Å². The van der Waals surface area contributed by atoms with Gasteiger partial charge in [-0.15, -0.1) is 0 Å². The molecule has 21 heavy (non-hydrogen) atoms. The van der Waals surface area contributed by atoms with Crippen LogP contribution >= 0.6 is 0 Å². The van der Waals surface area contributed by atoms with Crippen LogP contribution in [0.5, 0.6) is 0 Å². The molecule has 0 amide bonds. The zero-order valence-corrected chi connectivity index (χ0v) is 15.9. The minimum absolute atomic E-state index is 0.761. The van der Waals surface area contributed by atoms with E-state index in [-0.39, 0.29) is 0 Å². The summed E-state index contributed by atoms with van der Waals surface area (Å²) in [6.45, 7) is 2.42. The SMILES string of the molecule is C[CH2][Hf]([CH]1C=Cc2ccccc21)[CH]1C=Cc2ccccc21. The van der Waals surface area contributed by atoms with Crippen molar-refractivity contribution in [1.29, 1.82) is 0 Å². The van der Waals surface area contributed by atoms with Crippen molar-refractivity contribution in [3.8, 4) is 0 Å². The maximum absolute atomic E-state index is 2.50. The van der Waals surface area contributed by atoms with Crippen molar-refractivity contribution >= 4 is 12.2 Å². The van der Waals surface area contributed by atoms with E-state index in [1.807, 2.05) is 0 Å². The number of benzene rings is 2. The van der Waals surface area contributed by atoms with Gasteiger partial charge in [0.2, 0.25) is 0 Å². The van der Waals surface area contributed by atoms with Crippen LogP contribution in [-0.2, 0) is 21.4 Å². The standard InChI is InChI=1S/2C9H7.C2H5.Hf/c2*1-2-5-9-7-3-6-8(9)4-1;1-2;/h2*1-7H;1H2,2H3;. The summed E-state index contributed by atoms with van der Waals surface area (Å²) in [5, 5.41) is 0. The Morgan fingerprint density at radius 2 is 1.24 bits per heavy atom. The normalized spacial score (nSPS) is 21.4. The van der Waals surface area contributed by atoms with Crippen molar-refractivity contribution in [2.24, 2.45) is 0 Å². The zero-order chi connectivity index (χ0) is 14.2. The molecule has 0 nitrogen and oxygen atoms in total. The summed E-state index contributed by atoms with van der Waals surface area (Å²) >= 11 is -1.82.